The molecule has 1 aliphatic heterocycles. The zero-order chi connectivity index (χ0) is 18.7. The van der Waals surface area contributed by atoms with E-state index in [1.54, 1.807) is 36.4 Å². The van der Waals surface area contributed by atoms with Gasteiger partial charge in [0.2, 0.25) is 0 Å². The lowest BCUT2D eigenvalue weighted by molar-refractivity contribution is 0.101. The van der Waals surface area contributed by atoms with Crippen LogP contribution in [0.5, 0.6) is 0 Å². The fraction of sp³-hybridized carbons (Fsp3) is 0.350. The molecule has 0 atom stereocenters. The second-order valence-electron chi connectivity index (χ2n) is 6.75. The number of carbonyl (C=O) groups is 1. The van der Waals surface area contributed by atoms with Crippen LogP contribution in [0.1, 0.15) is 42.1 Å². The minimum atomic E-state index is -3.74. The van der Waals surface area contributed by atoms with Crippen LogP contribution in [-0.2, 0) is 10.0 Å². The van der Waals surface area contributed by atoms with Crippen LogP contribution < -0.4 is 9.62 Å². The predicted octanol–water partition coefficient (Wildman–Crippen LogP) is 3.99. The first-order valence-electron chi connectivity index (χ1n) is 8.86. The summed E-state index contributed by atoms with van der Waals surface area (Å²) in [5.41, 5.74) is 2.66. The average Bonchev–Trinajstić information content (AvgIpc) is 2.62. The van der Waals surface area contributed by atoms with Crippen molar-refractivity contribution in [3.63, 3.8) is 0 Å². The van der Waals surface area contributed by atoms with E-state index in [-0.39, 0.29) is 10.7 Å². The van der Waals surface area contributed by atoms with Crippen molar-refractivity contribution in [2.24, 2.45) is 0 Å². The topological polar surface area (TPSA) is 66.5 Å². The van der Waals surface area contributed by atoms with Crippen molar-refractivity contribution >= 4 is 27.2 Å². The van der Waals surface area contributed by atoms with Crippen LogP contribution in [0.3, 0.4) is 0 Å². The Kier molecular flexibility index (Phi) is 5.32. The van der Waals surface area contributed by atoms with Gasteiger partial charge in [0.25, 0.3) is 10.0 Å². The molecule has 26 heavy (non-hydrogen) atoms. The molecule has 0 aliphatic carbocycles. The minimum Gasteiger partial charge on any atom is -0.372 e. The Morgan fingerprint density at radius 1 is 1.00 bits per heavy atom. The number of sulfonamides is 1. The van der Waals surface area contributed by atoms with Gasteiger partial charge in [-0.2, -0.15) is 0 Å². The van der Waals surface area contributed by atoms with Crippen LogP contribution in [-0.4, -0.2) is 27.3 Å². The third-order valence-electron chi connectivity index (χ3n) is 4.68. The monoisotopic (exact) mass is 372 g/mol. The van der Waals surface area contributed by atoms with Crippen LogP contribution >= 0.6 is 0 Å². The standard InChI is InChI=1S/C20H24N2O3S/c1-15-6-9-18(10-7-15)26(24,25)21-20-11-8-17(14-19(20)16(2)23)22-12-4-3-5-13-22/h6-11,14,21H,3-5,12-13H2,1-2H3. The van der Waals surface area contributed by atoms with E-state index in [9.17, 15) is 13.2 Å². The van der Waals surface area contributed by atoms with Crippen molar-refractivity contribution in [2.45, 2.75) is 38.0 Å². The Bertz CT molecular complexity index is 899. The molecular weight excluding hydrogens is 348 g/mol. The van der Waals surface area contributed by atoms with Gasteiger partial charge in [0.15, 0.2) is 5.78 Å². The number of ketones is 1. The van der Waals surface area contributed by atoms with E-state index in [1.165, 1.54) is 13.3 Å². The number of nitrogens with one attached hydrogen (secondary N) is 1. The average molecular weight is 372 g/mol. The first kappa shape index (κ1) is 18.5. The molecule has 5 nitrogen and oxygen atoms in total. The van der Waals surface area contributed by atoms with Gasteiger partial charge in [0.05, 0.1) is 10.6 Å². The van der Waals surface area contributed by atoms with Crippen molar-refractivity contribution in [1.29, 1.82) is 0 Å². The molecule has 0 bridgehead atoms. The molecule has 2 aromatic carbocycles. The summed E-state index contributed by atoms with van der Waals surface area (Å²) < 4.78 is 27.8. The maximum atomic E-state index is 12.6. The molecule has 6 heteroatoms. The Morgan fingerprint density at radius 3 is 2.27 bits per heavy atom. The summed E-state index contributed by atoms with van der Waals surface area (Å²) in [5, 5.41) is 0. The summed E-state index contributed by atoms with van der Waals surface area (Å²) in [6.45, 7) is 5.29. The van der Waals surface area contributed by atoms with Gasteiger partial charge in [0.1, 0.15) is 0 Å². The Labute approximate surface area is 155 Å². The molecule has 1 fully saturated rings. The van der Waals surface area contributed by atoms with Crippen molar-refractivity contribution < 1.29 is 13.2 Å². The van der Waals surface area contributed by atoms with Crippen molar-refractivity contribution in [3.8, 4) is 0 Å². The second kappa shape index (κ2) is 7.50. The lowest BCUT2D eigenvalue weighted by Crippen LogP contribution is -2.29. The number of rotatable bonds is 5. The summed E-state index contributed by atoms with van der Waals surface area (Å²) in [5.74, 6) is -0.162. The summed E-state index contributed by atoms with van der Waals surface area (Å²) in [4.78, 5) is 14.5. The van der Waals surface area contributed by atoms with Crippen LogP contribution in [0.2, 0.25) is 0 Å². The maximum Gasteiger partial charge on any atom is 0.261 e. The summed E-state index contributed by atoms with van der Waals surface area (Å²) in [6.07, 6.45) is 3.50. The van der Waals surface area contributed by atoms with E-state index < -0.39 is 10.0 Å². The van der Waals surface area contributed by atoms with Crippen LogP contribution in [0, 0.1) is 6.92 Å². The molecule has 0 unspecified atom stereocenters. The third-order valence-corrected chi connectivity index (χ3v) is 6.06. The molecule has 1 heterocycles. The lowest BCUT2D eigenvalue weighted by Gasteiger charge is -2.29. The number of nitrogens with zero attached hydrogens (tertiary/aromatic N) is 1. The predicted molar refractivity (Wildman–Crippen MR) is 104 cm³/mol. The second-order valence-corrected chi connectivity index (χ2v) is 8.43. The quantitative estimate of drug-likeness (QED) is 0.806. The Hall–Kier alpha value is -2.34. The molecule has 2 aromatic rings. The minimum absolute atomic E-state index is 0.162. The van der Waals surface area contributed by atoms with Gasteiger partial charge in [-0.25, -0.2) is 8.42 Å². The van der Waals surface area contributed by atoms with Crippen molar-refractivity contribution in [2.75, 3.05) is 22.7 Å². The zero-order valence-electron chi connectivity index (χ0n) is 15.2. The summed E-state index contributed by atoms with van der Waals surface area (Å²) in [6, 6.07) is 12.0. The first-order valence-corrected chi connectivity index (χ1v) is 10.3. The fourth-order valence-corrected chi connectivity index (χ4v) is 4.26. The van der Waals surface area contributed by atoms with Crippen LogP contribution in [0.15, 0.2) is 47.4 Å². The Morgan fingerprint density at radius 2 is 1.65 bits per heavy atom. The smallest absolute Gasteiger partial charge is 0.261 e. The number of hydrogen-bond donors (Lipinski definition) is 1. The molecule has 0 spiro atoms. The van der Waals surface area contributed by atoms with E-state index in [0.29, 0.717) is 11.3 Å². The van der Waals surface area contributed by atoms with Gasteiger partial charge < -0.3 is 4.90 Å². The molecule has 0 amide bonds. The number of aryl methyl sites for hydroxylation is 1. The van der Waals surface area contributed by atoms with Gasteiger partial charge in [-0.1, -0.05) is 17.7 Å². The van der Waals surface area contributed by atoms with Crippen LogP contribution in [0.25, 0.3) is 0 Å². The SMILES string of the molecule is CC(=O)c1cc(N2CCCCC2)ccc1NS(=O)(=O)c1ccc(C)cc1. The molecule has 1 saturated heterocycles. The maximum absolute atomic E-state index is 12.6. The fourth-order valence-electron chi connectivity index (χ4n) is 3.18. The number of Topliss-reactive ketones (excluding diaryl/α,β-unsaturated/α-hetero) is 1. The highest BCUT2D eigenvalue weighted by atomic mass is 32.2. The molecular formula is C20H24N2O3S. The molecule has 1 aliphatic rings. The number of anilines is 2. The van der Waals surface area contributed by atoms with Gasteiger partial charge in [-0.3, -0.25) is 9.52 Å². The van der Waals surface area contributed by atoms with E-state index in [0.717, 1.165) is 37.2 Å². The van der Waals surface area contributed by atoms with Gasteiger partial charge in [-0.15, -0.1) is 0 Å². The first-order chi connectivity index (χ1) is 12.4. The van der Waals surface area contributed by atoms with Gasteiger partial charge >= 0.3 is 0 Å². The molecule has 0 radical (unpaired) electrons. The molecule has 0 aromatic heterocycles. The number of hydrogen-bond acceptors (Lipinski definition) is 4. The Balaban J connectivity index is 1.91. The highest BCUT2D eigenvalue weighted by Gasteiger charge is 2.19. The number of carbonyl (C=O) groups excluding carboxylic acids is 1. The molecule has 0 saturated carbocycles. The lowest BCUT2D eigenvalue weighted by atomic mass is 10.1. The number of benzene rings is 2. The normalized spacial score (nSPS) is 14.9. The van der Waals surface area contributed by atoms with E-state index >= 15 is 0 Å². The largest absolute Gasteiger partial charge is 0.372 e. The van der Waals surface area contributed by atoms with E-state index in [4.69, 9.17) is 0 Å². The molecule has 138 valence electrons. The third kappa shape index (κ3) is 4.07. The van der Waals surface area contributed by atoms with Gasteiger partial charge in [0, 0.05) is 24.3 Å². The van der Waals surface area contributed by atoms with Crippen molar-refractivity contribution in [3.05, 3.63) is 53.6 Å². The highest BCUT2D eigenvalue weighted by Crippen LogP contribution is 2.28. The van der Waals surface area contributed by atoms with E-state index in [1.807, 2.05) is 13.0 Å². The highest BCUT2D eigenvalue weighted by molar-refractivity contribution is 7.92. The zero-order valence-corrected chi connectivity index (χ0v) is 16.0. The summed E-state index contributed by atoms with van der Waals surface area (Å²) in [7, 11) is -3.74. The molecule has 1 N–H and O–H groups in total. The van der Waals surface area contributed by atoms with Gasteiger partial charge in [-0.05, 0) is 63.4 Å². The summed E-state index contributed by atoms with van der Waals surface area (Å²) >= 11 is 0. The van der Waals surface area contributed by atoms with E-state index in [2.05, 4.69) is 9.62 Å². The number of piperidine rings is 1. The van der Waals surface area contributed by atoms with Crippen molar-refractivity contribution in [1.82, 2.24) is 0 Å². The van der Waals surface area contributed by atoms with Crippen LogP contribution in [0.4, 0.5) is 11.4 Å². The molecule has 3 rings (SSSR count).